The number of benzene rings is 1. The first-order valence-electron chi connectivity index (χ1n) is 6.22. The van der Waals surface area contributed by atoms with E-state index in [2.05, 4.69) is 4.90 Å². The third-order valence-electron chi connectivity index (χ3n) is 3.36. The predicted octanol–water partition coefficient (Wildman–Crippen LogP) is 1.77. The Hall–Kier alpha value is -1.13. The number of nitrogens with two attached hydrogens (primary N) is 2. The van der Waals surface area contributed by atoms with Crippen molar-refractivity contribution in [1.82, 2.24) is 0 Å². The van der Waals surface area contributed by atoms with Gasteiger partial charge in [0.1, 0.15) is 5.82 Å². The summed E-state index contributed by atoms with van der Waals surface area (Å²) < 4.78 is 13.9. The first-order valence-corrected chi connectivity index (χ1v) is 6.22. The molecule has 4 N–H and O–H groups in total. The molecule has 94 valence electrons. The smallest absolute Gasteiger partial charge is 0.130 e. The van der Waals surface area contributed by atoms with E-state index in [1.165, 1.54) is 19.3 Å². The monoisotopic (exact) mass is 237 g/mol. The molecule has 2 rings (SSSR count). The van der Waals surface area contributed by atoms with Crippen LogP contribution < -0.4 is 16.4 Å². The largest absolute Gasteiger partial charge is 0.371 e. The van der Waals surface area contributed by atoms with Gasteiger partial charge in [0.15, 0.2) is 0 Å². The van der Waals surface area contributed by atoms with Gasteiger partial charge in [-0.15, -0.1) is 0 Å². The van der Waals surface area contributed by atoms with Gasteiger partial charge in [0.2, 0.25) is 0 Å². The van der Waals surface area contributed by atoms with Crippen LogP contribution in [0.25, 0.3) is 0 Å². The fraction of sp³-hybridized carbons (Fsp3) is 0.538. The topological polar surface area (TPSA) is 55.3 Å². The maximum atomic E-state index is 13.9. The fourth-order valence-electron chi connectivity index (χ4n) is 2.29. The minimum absolute atomic E-state index is 0.244. The van der Waals surface area contributed by atoms with E-state index in [1.54, 1.807) is 12.1 Å². The van der Waals surface area contributed by atoms with Crippen LogP contribution in [0.1, 0.15) is 30.9 Å². The van der Waals surface area contributed by atoms with Gasteiger partial charge >= 0.3 is 0 Å². The lowest BCUT2D eigenvalue weighted by Crippen LogP contribution is -2.29. The van der Waals surface area contributed by atoms with Crippen LogP contribution in [0.5, 0.6) is 0 Å². The van der Waals surface area contributed by atoms with Crippen LogP contribution >= 0.6 is 0 Å². The quantitative estimate of drug-likeness (QED) is 0.842. The highest BCUT2D eigenvalue weighted by atomic mass is 19.1. The van der Waals surface area contributed by atoms with Crippen LogP contribution in [0, 0.1) is 5.82 Å². The standard InChI is InChI=1S/C13H20FN3/c14-12-8-10(17-6-2-1-3-7-17)4-5-11(12)13(16)9-15/h4-5,8,13H,1-3,6-7,9,15-16H2/t13-/m1/s1. The Balaban J connectivity index is 2.17. The highest BCUT2D eigenvalue weighted by Gasteiger charge is 2.15. The van der Waals surface area contributed by atoms with Gasteiger partial charge in [-0.1, -0.05) is 6.07 Å². The summed E-state index contributed by atoms with van der Waals surface area (Å²) in [6.07, 6.45) is 3.65. The van der Waals surface area contributed by atoms with E-state index < -0.39 is 6.04 Å². The maximum absolute atomic E-state index is 13.9. The van der Waals surface area contributed by atoms with Crippen LogP contribution in [0.3, 0.4) is 0 Å². The second-order valence-electron chi connectivity index (χ2n) is 4.60. The lowest BCUT2D eigenvalue weighted by atomic mass is 10.0. The van der Waals surface area contributed by atoms with E-state index in [1.807, 2.05) is 6.07 Å². The Morgan fingerprint density at radius 2 is 1.94 bits per heavy atom. The zero-order valence-electron chi connectivity index (χ0n) is 10.0. The van der Waals surface area contributed by atoms with E-state index in [-0.39, 0.29) is 12.4 Å². The van der Waals surface area contributed by atoms with Crippen LogP contribution in [0.2, 0.25) is 0 Å². The van der Waals surface area contributed by atoms with E-state index in [0.29, 0.717) is 5.56 Å². The van der Waals surface area contributed by atoms with Gasteiger partial charge in [0, 0.05) is 36.9 Å². The normalized spacial score (nSPS) is 18.2. The molecule has 1 aliphatic heterocycles. The molecule has 0 unspecified atom stereocenters. The third kappa shape index (κ3) is 2.76. The molecule has 1 fully saturated rings. The minimum atomic E-state index is -0.412. The molecule has 4 heteroatoms. The number of nitrogens with zero attached hydrogens (tertiary/aromatic N) is 1. The van der Waals surface area contributed by atoms with Crippen LogP contribution in [-0.2, 0) is 0 Å². The summed E-state index contributed by atoms with van der Waals surface area (Å²) in [5.41, 5.74) is 12.7. The lowest BCUT2D eigenvalue weighted by Gasteiger charge is -2.29. The fourth-order valence-corrected chi connectivity index (χ4v) is 2.29. The molecular formula is C13H20FN3. The van der Waals surface area contributed by atoms with Crippen molar-refractivity contribution in [3.05, 3.63) is 29.6 Å². The molecule has 1 aromatic rings. The van der Waals surface area contributed by atoms with Crippen molar-refractivity contribution >= 4 is 5.69 Å². The molecule has 1 heterocycles. The third-order valence-corrected chi connectivity index (χ3v) is 3.36. The van der Waals surface area contributed by atoms with Crippen molar-refractivity contribution in [2.75, 3.05) is 24.5 Å². The second-order valence-corrected chi connectivity index (χ2v) is 4.60. The van der Waals surface area contributed by atoms with Crippen molar-refractivity contribution in [2.24, 2.45) is 11.5 Å². The molecule has 0 radical (unpaired) electrons. The van der Waals surface area contributed by atoms with Crippen LogP contribution in [0.4, 0.5) is 10.1 Å². The Bertz CT molecular complexity index is 375. The van der Waals surface area contributed by atoms with Crippen molar-refractivity contribution in [2.45, 2.75) is 25.3 Å². The number of rotatable bonds is 3. The summed E-state index contributed by atoms with van der Waals surface area (Å²) in [4.78, 5) is 2.23. The molecule has 1 aliphatic rings. The molecule has 3 nitrogen and oxygen atoms in total. The second kappa shape index (κ2) is 5.47. The summed E-state index contributed by atoms with van der Waals surface area (Å²) in [6, 6.07) is 4.87. The molecular weight excluding hydrogens is 217 g/mol. The summed E-state index contributed by atoms with van der Waals surface area (Å²) >= 11 is 0. The molecule has 0 saturated carbocycles. The SMILES string of the molecule is NC[C@@H](N)c1ccc(N2CCCCC2)cc1F. The van der Waals surface area contributed by atoms with E-state index >= 15 is 0 Å². The van der Waals surface area contributed by atoms with Crippen molar-refractivity contribution < 1.29 is 4.39 Å². The van der Waals surface area contributed by atoms with Gasteiger partial charge in [-0.3, -0.25) is 0 Å². The zero-order valence-corrected chi connectivity index (χ0v) is 10.0. The van der Waals surface area contributed by atoms with Crippen molar-refractivity contribution in [1.29, 1.82) is 0 Å². The molecule has 1 saturated heterocycles. The van der Waals surface area contributed by atoms with Crippen molar-refractivity contribution in [3.63, 3.8) is 0 Å². The highest BCUT2D eigenvalue weighted by Crippen LogP contribution is 2.24. The Morgan fingerprint density at radius 3 is 2.53 bits per heavy atom. The molecule has 17 heavy (non-hydrogen) atoms. The predicted molar refractivity (Wildman–Crippen MR) is 68.4 cm³/mol. The molecule has 1 atom stereocenters. The van der Waals surface area contributed by atoms with E-state index in [9.17, 15) is 4.39 Å². The Kier molecular flexibility index (Phi) is 3.97. The first kappa shape index (κ1) is 12.3. The number of hydrogen-bond acceptors (Lipinski definition) is 3. The molecule has 0 spiro atoms. The summed E-state index contributed by atoms with van der Waals surface area (Å²) in [5, 5.41) is 0. The van der Waals surface area contributed by atoms with Crippen LogP contribution in [0.15, 0.2) is 18.2 Å². The number of anilines is 1. The minimum Gasteiger partial charge on any atom is -0.371 e. The molecule has 0 amide bonds. The molecule has 0 bridgehead atoms. The maximum Gasteiger partial charge on any atom is 0.130 e. The Morgan fingerprint density at radius 1 is 1.24 bits per heavy atom. The molecule has 0 aromatic heterocycles. The Labute approximate surface area is 102 Å². The van der Waals surface area contributed by atoms with Gasteiger partial charge in [-0.25, -0.2) is 4.39 Å². The van der Waals surface area contributed by atoms with Crippen LogP contribution in [-0.4, -0.2) is 19.6 Å². The summed E-state index contributed by atoms with van der Waals surface area (Å²) in [7, 11) is 0. The summed E-state index contributed by atoms with van der Waals surface area (Å²) in [6.45, 7) is 2.30. The molecule has 1 aromatic carbocycles. The van der Waals surface area contributed by atoms with Gasteiger partial charge in [0.05, 0.1) is 0 Å². The van der Waals surface area contributed by atoms with E-state index in [4.69, 9.17) is 11.5 Å². The van der Waals surface area contributed by atoms with Crippen molar-refractivity contribution in [3.8, 4) is 0 Å². The number of halogens is 1. The summed E-state index contributed by atoms with van der Waals surface area (Å²) in [5.74, 6) is -0.244. The highest BCUT2D eigenvalue weighted by molar-refractivity contribution is 5.49. The van der Waals surface area contributed by atoms with Gasteiger partial charge in [-0.2, -0.15) is 0 Å². The number of hydrogen-bond donors (Lipinski definition) is 2. The average molecular weight is 237 g/mol. The number of piperidine rings is 1. The average Bonchev–Trinajstić information content (AvgIpc) is 2.39. The van der Waals surface area contributed by atoms with Gasteiger partial charge in [0.25, 0.3) is 0 Å². The first-order chi connectivity index (χ1) is 8.22. The van der Waals surface area contributed by atoms with Gasteiger partial charge < -0.3 is 16.4 Å². The van der Waals surface area contributed by atoms with E-state index in [0.717, 1.165) is 18.8 Å². The van der Waals surface area contributed by atoms with Gasteiger partial charge in [-0.05, 0) is 31.4 Å². The lowest BCUT2D eigenvalue weighted by molar-refractivity contribution is 0.566. The molecule has 0 aliphatic carbocycles. The zero-order chi connectivity index (χ0) is 12.3.